The van der Waals surface area contributed by atoms with Crippen molar-refractivity contribution in [2.24, 2.45) is 0 Å². The SMILES string of the molecule is COCCOCCNC(=O)c1ccc(C#CCO)c(F)c1. The van der Waals surface area contributed by atoms with Crippen LogP contribution in [-0.2, 0) is 9.47 Å². The lowest BCUT2D eigenvalue weighted by Gasteiger charge is -2.06. The molecule has 0 saturated carbocycles. The summed E-state index contributed by atoms with van der Waals surface area (Å²) in [6, 6.07) is 4.00. The predicted molar refractivity (Wildman–Crippen MR) is 75.4 cm³/mol. The lowest BCUT2D eigenvalue weighted by Crippen LogP contribution is -2.27. The third-order valence-electron chi connectivity index (χ3n) is 2.50. The first-order valence-corrected chi connectivity index (χ1v) is 6.43. The molecule has 0 aliphatic rings. The van der Waals surface area contributed by atoms with Crippen LogP contribution in [0.25, 0.3) is 0 Å². The zero-order valence-electron chi connectivity index (χ0n) is 11.8. The Morgan fingerprint density at radius 3 is 2.86 bits per heavy atom. The number of nitrogens with one attached hydrogen (secondary N) is 1. The van der Waals surface area contributed by atoms with Crippen LogP contribution in [0.1, 0.15) is 15.9 Å². The maximum atomic E-state index is 13.7. The lowest BCUT2D eigenvalue weighted by atomic mass is 10.1. The molecule has 5 nitrogen and oxygen atoms in total. The summed E-state index contributed by atoms with van der Waals surface area (Å²) in [4.78, 5) is 11.8. The Balaban J connectivity index is 2.46. The fraction of sp³-hybridized carbons (Fsp3) is 0.400. The highest BCUT2D eigenvalue weighted by molar-refractivity contribution is 5.94. The first kappa shape index (κ1) is 17.1. The number of methoxy groups -OCH3 is 1. The number of hydrogen-bond acceptors (Lipinski definition) is 4. The van der Waals surface area contributed by atoms with Crippen molar-refractivity contribution in [2.45, 2.75) is 0 Å². The first-order valence-electron chi connectivity index (χ1n) is 6.43. The summed E-state index contributed by atoms with van der Waals surface area (Å²) in [6.07, 6.45) is 0. The summed E-state index contributed by atoms with van der Waals surface area (Å²) in [5.74, 6) is 3.83. The molecule has 1 rings (SSSR count). The molecule has 0 heterocycles. The average molecular weight is 295 g/mol. The Kier molecular flexibility index (Phi) is 8.05. The molecule has 114 valence electrons. The van der Waals surface area contributed by atoms with E-state index in [1.807, 2.05) is 0 Å². The van der Waals surface area contributed by atoms with E-state index in [1.54, 1.807) is 7.11 Å². The summed E-state index contributed by atoms with van der Waals surface area (Å²) in [5.41, 5.74) is 0.349. The van der Waals surface area contributed by atoms with Gasteiger partial charge in [-0.3, -0.25) is 4.79 Å². The molecule has 0 aromatic heterocycles. The topological polar surface area (TPSA) is 67.8 Å². The molecule has 1 aromatic rings. The van der Waals surface area contributed by atoms with Crippen molar-refractivity contribution in [1.82, 2.24) is 5.32 Å². The summed E-state index contributed by atoms with van der Waals surface area (Å²) in [5, 5.41) is 11.2. The quantitative estimate of drug-likeness (QED) is 0.570. The molecule has 0 radical (unpaired) electrons. The molecule has 0 fully saturated rings. The highest BCUT2D eigenvalue weighted by atomic mass is 19.1. The average Bonchev–Trinajstić information content (AvgIpc) is 2.49. The smallest absolute Gasteiger partial charge is 0.251 e. The minimum Gasteiger partial charge on any atom is -0.384 e. The van der Waals surface area contributed by atoms with E-state index in [2.05, 4.69) is 17.2 Å². The van der Waals surface area contributed by atoms with Gasteiger partial charge in [-0.15, -0.1) is 0 Å². The van der Waals surface area contributed by atoms with Crippen LogP contribution in [0.3, 0.4) is 0 Å². The lowest BCUT2D eigenvalue weighted by molar-refractivity contribution is 0.0692. The van der Waals surface area contributed by atoms with Crippen molar-refractivity contribution in [2.75, 3.05) is 40.1 Å². The molecule has 6 heteroatoms. The number of hydrogen-bond donors (Lipinski definition) is 2. The fourth-order valence-electron chi connectivity index (χ4n) is 1.48. The van der Waals surface area contributed by atoms with Gasteiger partial charge in [-0.25, -0.2) is 4.39 Å². The second kappa shape index (κ2) is 9.88. The standard InChI is InChI=1S/C15H18FNO4/c1-20-9-10-21-8-6-17-15(19)13-5-4-12(3-2-7-18)14(16)11-13/h4-5,11,18H,6-10H2,1H3,(H,17,19). The van der Waals surface area contributed by atoms with Gasteiger partial charge in [0.15, 0.2) is 0 Å². The zero-order chi connectivity index (χ0) is 15.5. The van der Waals surface area contributed by atoms with Crippen molar-refractivity contribution in [1.29, 1.82) is 0 Å². The van der Waals surface area contributed by atoms with Crippen LogP contribution in [0.5, 0.6) is 0 Å². The molecule has 0 bridgehead atoms. The van der Waals surface area contributed by atoms with Gasteiger partial charge >= 0.3 is 0 Å². The number of aliphatic hydroxyl groups excluding tert-OH is 1. The van der Waals surface area contributed by atoms with E-state index >= 15 is 0 Å². The van der Waals surface area contributed by atoms with E-state index in [-0.39, 0.29) is 23.6 Å². The molecule has 2 N–H and O–H groups in total. The molecule has 0 spiro atoms. The van der Waals surface area contributed by atoms with Crippen LogP contribution in [0.4, 0.5) is 4.39 Å². The van der Waals surface area contributed by atoms with Gasteiger partial charge in [-0.2, -0.15) is 0 Å². The Morgan fingerprint density at radius 2 is 2.19 bits per heavy atom. The van der Waals surface area contributed by atoms with Gasteiger partial charge in [0.2, 0.25) is 0 Å². The minimum absolute atomic E-state index is 0.142. The highest BCUT2D eigenvalue weighted by Crippen LogP contribution is 2.09. The summed E-state index contributed by atoms with van der Waals surface area (Å²) < 4.78 is 23.7. The van der Waals surface area contributed by atoms with E-state index in [9.17, 15) is 9.18 Å². The zero-order valence-corrected chi connectivity index (χ0v) is 11.8. The molecule has 21 heavy (non-hydrogen) atoms. The van der Waals surface area contributed by atoms with Crippen molar-refractivity contribution < 1.29 is 23.8 Å². The number of ether oxygens (including phenoxy) is 2. The van der Waals surface area contributed by atoms with Crippen LogP contribution in [0, 0.1) is 17.7 Å². The molecule has 1 aromatic carbocycles. The minimum atomic E-state index is -0.597. The van der Waals surface area contributed by atoms with Crippen molar-refractivity contribution >= 4 is 5.91 Å². The largest absolute Gasteiger partial charge is 0.384 e. The van der Waals surface area contributed by atoms with Crippen LogP contribution in [0.15, 0.2) is 18.2 Å². The van der Waals surface area contributed by atoms with Gasteiger partial charge in [0.05, 0.1) is 25.4 Å². The molecule has 1 amide bonds. The Labute approximate surface area is 123 Å². The van der Waals surface area contributed by atoms with Crippen molar-refractivity contribution in [3.63, 3.8) is 0 Å². The van der Waals surface area contributed by atoms with Crippen LogP contribution >= 0.6 is 0 Å². The van der Waals surface area contributed by atoms with Gasteiger partial charge in [0.25, 0.3) is 5.91 Å². The maximum absolute atomic E-state index is 13.7. The van der Waals surface area contributed by atoms with Crippen LogP contribution in [0.2, 0.25) is 0 Å². The number of amides is 1. The fourth-order valence-corrected chi connectivity index (χ4v) is 1.48. The molecule has 0 aliphatic heterocycles. The number of benzene rings is 1. The number of halogens is 1. The van der Waals surface area contributed by atoms with Gasteiger partial charge in [-0.05, 0) is 18.2 Å². The van der Waals surface area contributed by atoms with Gasteiger partial charge in [-0.1, -0.05) is 11.8 Å². The summed E-state index contributed by atoms with van der Waals surface area (Å²) in [6.45, 7) is 1.30. The van der Waals surface area contributed by atoms with E-state index in [0.717, 1.165) is 6.07 Å². The predicted octanol–water partition coefficient (Wildman–Crippen LogP) is 0.562. The van der Waals surface area contributed by atoms with Gasteiger partial charge < -0.3 is 19.9 Å². The molecule has 0 aliphatic carbocycles. The van der Waals surface area contributed by atoms with Gasteiger partial charge in [0.1, 0.15) is 12.4 Å². The van der Waals surface area contributed by atoms with E-state index in [0.29, 0.717) is 26.4 Å². The summed E-state index contributed by atoms with van der Waals surface area (Å²) >= 11 is 0. The summed E-state index contributed by atoms with van der Waals surface area (Å²) in [7, 11) is 1.58. The van der Waals surface area contributed by atoms with Crippen LogP contribution in [-0.4, -0.2) is 51.1 Å². The molecule has 0 saturated heterocycles. The maximum Gasteiger partial charge on any atom is 0.251 e. The van der Waals surface area contributed by atoms with E-state index < -0.39 is 5.82 Å². The number of aliphatic hydroxyl groups is 1. The third kappa shape index (κ3) is 6.36. The highest BCUT2D eigenvalue weighted by Gasteiger charge is 2.08. The Bertz CT molecular complexity index is 522. The molecule has 0 atom stereocenters. The molecular weight excluding hydrogens is 277 g/mol. The number of rotatable bonds is 7. The van der Waals surface area contributed by atoms with E-state index in [4.69, 9.17) is 14.6 Å². The second-order valence-corrected chi connectivity index (χ2v) is 4.02. The normalized spacial score (nSPS) is 9.86. The van der Waals surface area contributed by atoms with Crippen molar-refractivity contribution in [3.8, 4) is 11.8 Å². The number of carbonyl (C=O) groups excluding carboxylic acids is 1. The second-order valence-electron chi connectivity index (χ2n) is 4.02. The van der Waals surface area contributed by atoms with Crippen molar-refractivity contribution in [3.05, 3.63) is 35.1 Å². The van der Waals surface area contributed by atoms with Crippen LogP contribution < -0.4 is 5.32 Å². The Morgan fingerprint density at radius 1 is 1.38 bits per heavy atom. The Hall–Kier alpha value is -1.94. The third-order valence-corrected chi connectivity index (χ3v) is 2.50. The molecular formula is C15H18FNO4. The van der Waals surface area contributed by atoms with E-state index in [1.165, 1.54) is 12.1 Å². The van der Waals surface area contributed by atoms with Gasteiger partial charge in [0, 0.05) is 19.2 Å². The molecule has 0 unspecified atom stereocenters. The monoisotopic (exact) mass is 295 g/mol. The number of carbonyl (C=O) groups is 1. The first-order chi connectivity index (χ1) is 10.2.